The molecule has 5 heteroatoms. The molecule has 1 rings (SSSR count). The van der Waals surface area contributed by atoms with Gasteiger partial charge < -0.3 is 10.0 Å². The minimum absolute atomic E-state index is 0.133. The Balaban J connectivity index is 2.75. The zero-order valence-electron chi connectivity index (χ0n) is 9.90. The molecule has 0 aromatic heterocycles. The molecule has 0 radical (unpaired) electrons. The molecule has 0 saturated carbocycles. The molecule has 0 heterocycles. The molecule has 0 atom stereocenters. The van der Waals surface area contributed by atoms with Crippen LogP contribution in [0.2, 0.25) is 0 Å². The highest BCUT2D eigenvalue weighted by Gasteiger charge is 2.14. The van der Waals surface area contributed by atoms with Crippen LogP contribution in [0, 0.1) is 11.6 Å². The lowest BCUT2D eigenvalue weighted by Gasteiger charge is -2.20. The van der Waals surface area contributed by atoms with E-state index in [4.69, 9.17) is 5.11 Å². The Morgan fingerprint density at radius 3 is 2.72 bits per heavy atom. The fraction of sp³-hybridized carbons (Fsp3) is 0.308. The Morgan fingerprint density at radius 1 is 1.44 bits per heavy atom. The molecule has 0 fully saturated rings. The molecule has 1 aromatic rings. The second-order valence-corrected chi connectivity index (χ2v) is 3.76. The molecule has 98 valence electrons. The summed E-state index contributed by atoms with van der Waals surface area (Å²) in [6.07, 6.45) is 1.36. The van der Waals surface area contributed by atoms with Gasteiger partial charge in [-0.05, 0) is 11.6 Å². The minimum atomic E-state index is -0.745. The molecule has 18 heavy (non-hydrogen) atoms. The molecule has 0 unspecified atom stereocenters. The summed E-state index contributed by atoms with van der Waals surface area (Å²) in [6, 6.07) is 3.09. The number of halogens is 2. The van der Waals surface area contributed by atoms with E-state index >= 15 is 0 Å². The van der Waals surface area contributed by atoms with Gasteiger partial charge in [-0.25, -0.2) is 8.78 Å². The van der Waals surface area contributed by atoms with Crippen LogP contribution in [-0.4, -0.2) is 35.6 Å². The van der Waals surface area contributed by atoms with E-state index in [-0.39, 0.29) is 37.6 Å². The average molecular weight is 255 g/mol. The van der Waals surface area contributed by atoms with Gasteiger partial charge in [-0.1, -0.05) is 12.1 Å². The molecule has 3 nitrogen and oxygen atoms in total. The number of carbonyl (C=O) groups excluding carboxylic acids is 1. The third-order valence-electron chi connectivity index (χ3n) is 2.43. The van der Waals surface area contributed by atoms with Crippen molar-refractivity contribution in [3.63, 3.8) is 0 Å². The SMILES string of the molecule is C=CCN(CCO)C(=O)Cc1ccc(F)cc1F. The summed E-state index contributed by atoms with van der Waals surface area (Å²) < 4.78 is 26.1. The fourth-order valence-corrected chi connectivity index (χ4v) is 1.53. The Labute approximate surface area is 104 Å². The standard InChI is InChI=1S/C13H15F2NO2/c1-2-5-16(6-7-17)13(18)8-10-3-4-11(14)9-12(10)15/h2-4,9,17H,1,5-8H2. The summed E-state index contributed by atoms with van der Waals surface area (Å²) in [6.45, 7) is 3.77. The summed E-state index contributed by atoms with van der Waals surface area (Å²) in [5.74, 6) is -1.76. The maximum Gasteiger partial charge on any atom is 0.227 e. The second kappa shape index (κ2) is 6.86. The zero-order chi connectivity index (χ0) is 13.5. The molecule has 0 saturated heterocycles. The van der Waals surface area contributed by atoms with Crippen molar-refractivity contribution in [2.75, 3.05) is 19.7 Å². The van der Waals surface area contributed by atoms with Crippen LogP contribution in [0.25, 0.3) is 0 Å². The topological polar surface area (TPSA) is 40.5 Å². The van der Waals surface area contributed by atoms with Crippen LogP contribution in [0.3, 0.4) is 0 Å². The van der Waals surface area contributed by atoms with Crippen molar-refractivity contribution in [1.82, 2.24) is 4.90 Å². The second-order valence-electron chi connectivity index (χ2n) is 3.76. The molecule has 1 amide bonds. The molecule has 0 aliphatic carbocycles. The monoisotopic (exact) mass is 255 g/mol. The van der Waals surface area contributed by atoms with Crippen LogP contribution in [-0.2, 0) is 11.2 Å². The maximum absolute atomic E-state index is 13.4. The summed E-state index contributed by atoms with van der Waals surface area (Å²) in [7, 11) is 0. The van der Waals surface area contributed by atoms with Crippen molar-refractivity contribution < 1.29 is 18.7 Å². The lowest BCUT2D eigenvalue weighted by atomic mass is 10.1. The van der Waals surface area contributed by atoms with E-state index in [9.17, 15) is 13.6 Å². The molecule has 1 aromatic carbocycles. The largest absolute Gasteiger partial charge is 0.395 e. The summed E-state index contributed by atoms with van der Waals surface area (Å²) >= 11 is 0. The smallest absolute Gasteiger partial charge is 0.227 e. The van der Waals surface area contributed by atoms with Gasteiger partial charge in [0.1, 0.15) is 11.6 Å². The number of rotatable bonds is 6. The first-order valence-corrected chi connectivity index (χ1v) is 5.52. The van der Waals surface area contributed by atoms with Crippen molar-refractivity contribution in [2.45, 2.75) is 6.42 Å². The Hall–Kier alpha value is -1.75. The van der Waals surface area contributed by atoms with Gasteiger partial charge in [0.2, 0.25) is 5.91 Å². The third kappa shape index (κ3) is 3.92. The fourth-order valence-electron chi connectivity index (χ4n) is 1.53. The van der Waals surface area contributed by atoms with Gasteiger partial charge >= 0.3 is 0 Å². The van der Waals surface area contributed by atoms with Gasteiger partial charge in [-0.3, -0.25) is 4.79 Å². The molecular formula is C13H15F2NO2. The van der Waals surface area contributed by atoms with E-state index in [1.54, 1.807) is 0 Å². The molecule has 1 N–H and O–H groups in total. The van der Waals surface area contributed by atoms with E-state index in [1.165, 1.54) is 17.0 Å². The molecule has 0 aliphatic rings. The highest BCUT2D eigenvalue weighted by atomic mass is 19.1. The lowest BCUT2D eigenvalue weighted by Crippen LogP contribution is -2.35. The van der Waals surface area contributed by atoms with Gasteiger partial charge in [-0.2, -0.15) is 0 Å². The number of nitrogens with zero attached hydrogens (tertiary/aromatic N) is 1. The predicted octanol–water partition coefficient (Wildman–Crippen LogP) is 1.51. The molecule has 0 spiro atoms. The van der Waals surface area contributed by atoms with E-state index in [0.717, 1.165) is 12.1 Å². The minimum Gasteiger partial charge on any atom is -0.395 e. The summed E-state index contributed by atoms with van der Waals surface area (Å²) in [5, 5.41) is 8.82. The lowest BCUT2D eigenvalue weighted by molar-refractivity contribution is -0.130. The van der Waals surface area contributed by atoms with Crippen LogP contribution in [0.1, 0.15) is 5.56 Å². The van der Waals surface area contributed by atoms with Crippen LogP contribution < -0.4 is 0 Å². The Morgan fingerprint density at radius 2 is 2.17 bits per heavy atom. The highest BCUT2D eigenvalue weighted by molar-refractivity contribution is 5.79. The van der Waals surface area contributed by atoms with E-state index in [1.807, 2.05) is 0 Å². The number of hydrogen-bond donors (Lipinski definition) is 1. The molecule has 0 aliphatic heterocycles. The first-order valence-electron chi connectivity index (χ1n) is 5.52. The highest BCUT2D eigenvalue weighted by Crippen LogP contribution is 2.11. The first kappa shape index (κ1) is 14.3. The van der Waals surface area contributed by atoms with Crippen molar-refractivity contribution in [3.8, 4) is 0 Å². The number of amides is 1. The molecule has 0 bridgehead atoms. The van der Waals surface area contributed by atoms with Crippen LogP contribution >= 0.6 is 0 Å². The number of carbonyl (C=O) groups is 1. The summed E-state index contributed by atoms with van der Waals surface area (Å²) in [5.41, 5.74) is 0.133. The normalized spacial score (nSPS) is 10.2. The summed E-state index contributed by atoms with van der Waals surface area (Å²) in [4.78, 5) is 13.2. The van der Waals surface area contributed by atoms with E-state index < -0.39 is 11.6 Å². The van der Waals surface area contributed by atoms with E-state index in [0.29, 0.717) is 0 Å². The van der Waals surface area contributed by atoms with Gasteiger partial charge in [0.25, 0.3) is 0 Å². The zero-order valence-corrected chi connectivity index (χ0v) is 9.90. The predicted molar refractivity (Wildman–Crippen MR) is 63.9 cm³/mol. The van der Waals surface area contributed by atoms with Gasteiger partial charge in [0, 0.05) is 19.2 Å². The quantitative estimate of drug-likeness (QED) is 0.783. The molecular weight excluding hydrogens is 240 g/mol. The van der Waals surface area contributed by atoms with Crippen LogP contribution in [0.5, 0.6) is 0 Å². The van der Waals surface area contributed by atoms with Crippen molar-refractivity contribution in [2.24, 2.45) is 0 Å². The van der Waals surface area contributed by atoms with Crippen molar-refractivity contribution in [3.05, 3.63) is 48.1 Å². The first-order chi connectivity index (χ1) is 8.58. The Bertz CT molecular complexity index is 435. The van der Waals surface area contributed by atoms with Gasteiger partial charge in [0.05, 0.1) is 13.0 Å². The van der Waals surface area contributed by atoms with Crippen LogP contribution in [0.15, 0.2) is 30.9 Å². The Kier molecular flexibility index (Phi) is 5.45. The van der Waals surface area contributed by atoms with Crippen LogP contribution in [0.4, 0.5) is 8.78 Å². The maximum atomic E-state index is 13.4. The average Bonchev–Trinajstić information content (AvgIpc) is 2.32. The number of aliphatic hydroxyl groups is 1. The van der Waals surface area contributed by atoms with Crippen molar-refractivity contribution >= 4 is 5.91 Å². The van der Waals surface area contributed by atoms with E-state index in [2.05, 4.69) is 6.58 Å². The number of benzene rings is 1. The third-order valence-corrected chi connectivity index (χ3v) is 2.43. The number of aliphatic hydroxyl groups excluding tert-OH is 1. The van der Waals surface area contributed by atoms with Gasteiger partial charge in [-0.15, -0.1) is 6.58 Å². The van der Waals surface area contributed by atoms with Crippen molar-refractivity contribution in [1.29, 1.82) is 0 Å². The number of hydrogen-bond acceptors (Lipinski definition) is 2. The van der Waals surface area contributed by atoms with Gasteiger partial charge in [0.15, 0.2) is 0 Å².